The lowest BCUT2D eigenvalue weighted by Crippen LogP contribution is -2.30. The molecule has 0 amide bonds. The first kappa shape index (κ1) is 16.4. The molecule has 1 aromatic rings. The summed E-state index contributed by atoms with van der Waals surface area (Å²) in [5, 5.41) is 3.44. The quantitative estimate of drug-likeness (QED) is 0.795. The summed E-state index contributed by atoms with van der Waals surface area (Å²) >= 11 is 0. The van der Waals surface area contributed by atoms with Crippen LogP contribution in [0.3, 0.4) is 0 Å². The normalized spacial score (nSPS) is 12.2. The second-order valence-electron chi connectivity index (χ2n) is 4.86. The van der Waals surface area contributed by atoms with Crippen molar-refractivity contribution >= 4 is 5.69 Å². The van der Waals surface area contributed by atoms with E-state index in [-0.39, 0.29) is 6.04 Å². The number of methoxy groups -OCH3 is 4. The van der Waals surface area contributed by atoms with Gasteiger partial charge in [-0.15, -0.1) is 0 Å². The predicted molar refractivity (Wildman–Crippen MR) is 80.2 cm³/mol. The summed E-state index contributed by atoms with van der Waals surface area (Å²) in [6, 6.07) is 4.00. The molecule has 0 fully saturated rings. The molecule has 1 rings (SSSR count). The minimum Gasteiger partial charge on any atom is -0.493 e. The van der Waals surface area contributed by atoms with Crippen molar-refractivity contribution in [1.29, 1.82) is 0 Å². The number of ether oxygens (including phenoxy) is 4. The Morgan fingerprint density at radius 3 is 1.85 bits per heavy atom. The van der Waals surface area contributed by atoms with Gasteiger partial charge >= 0.3 is 0 Å². The van der Waals surface area contributed by atoms with E-state index in [1.165, 1.54) is 0 Å². The Hall–Kier alpha value is -1.62. The molecule has 0 aliphatic carbocycles. The van der Waals surface area contributed by atoms with Crippen LogP contribution in [-0.4, -0.2) is 41.1 Å². The van der Waals surface area contributed by atoms with Gasteiger partial charge < -0.3 is 24.3 Å². The molecule has 20 heavy (non-hydrogen) atoms. The molecule has 1 unspecified atom stereocenters. The van der Waals surface area contributed by atoms with Crippen LogP contribution in [0.25, 0.3) is 0 Å². The molecule has 0 heterocycles. The average Bonchev–Trinajstić information content (AvgIpc) is 2.45. The lowest BCUT2D eigenvalue weighted by molar-refractivity contribution is 0.171. The van der Waals surface area contributed by atoms with E-state index in [0.717, 1.165) is 5.69 Å². The van der Waals surface area contributed by atoms with Gasteiger partial charge in [0.2, 0.25) is 5.75 Å². The van der Waals surface area contributed by atoms with Crippen LogP contribution in [0.5, 0.6) is 17.2 Å². The van der Waals surface area contributed by atoms with Crippen molar-refractivity contribution in [2.45, 2.75) is 19.9 Å². The van der Waals surface area contributed by atoms with Gasteiger partial charge in [0.15, 0.2) is 11.5 Å². The van der Waals surface area contributed by atoms with E-state index in [4.69, 9.17) is 18.9 Å². The zero-order valence-electron chi connectivity index (χ0n) is 13.1. The van der Waals surface area contributed by atoms with Crippen LogP contribution in [0.4, 0.5) is 5.69 Å². The van der Waals surface area contributed by atoms with Crippen molar-refractivity contribution in [3.05, 3.63) is 12.1 Å². The summed E-state index contributed by atoms with van der Waals surface area (Å²) in [5.41, 5.74) is 0.912. The Bertz CT molecular complexity index is 395. The number of hydrogen-bond donors (Lipinski definition) is 1. The van der Waals surface area contributed by atoms with Crippen molar-refractivity contribution in [3.8, 4) is 17.2 Å². The van der Waals surface area contributed by atoms with Gasteiger partial charge in [-0.25, -0.2) is 0 Å². The molecule has 1 N–H and O–H groups in total. The van der Waals surface area contributed by atoms with E-state index in [1.54, 1.807) is 28.4 Å². The number of benzene rings is 1. The van der Waals surface area contributed by atoms with Gasteiger partial charge in [-0.1, -0.05) is 13.8 Å². The lowest BCUT2D eigenvalue weighted by atomic mass is 10.0. The fraction of sp³-hybridized carbons (Fsp3) is 0.600. The maximum atomic E-state index is 5.35. The first-order valence-electron chi connectivity index (χ1n) is 6.62. The number of hydrogen-bond acceptors (Lipinski definition) is 5. The van der Waals surface area contributed by atoms with E-state index in [9.17, 15) is 0 Å². The Kier molecular flexibility index (Phi) is 6.45. The molecule has 0 aliphatic rings. The monoisotopic (exact) mass is 283 g/mol. The smallest absolute Gasteiger partial charge is 0.203 e. The topological polar surface area (TPSA) is 49.0 Å². The molecule has 0 aromatic heterocycles. The van der Waals surface area contributed by atoms with E-state index < -0.39 is 0 Å². The molecule has 0 aliphatic heterocycles. The van der Waals surface area contributed by atoms with Crippen LogP contribution in [-0.2, 0) is 4.74 Å². The maximum absolute atomic E-state index is 5.35. The van der Waals surface area contributed by atoms with Crippen LogP contribution in [0.1, 0.15) is 13.8 Å². The van der Waals surface area contributed by atoms with Crippen molar-refractivity contribution in [3.63, 3.8) is 0 Å². The zero-order valence-corrected chi connectivity index (χ0v) is 13.1. The molecule has 1 aromatic carbocycles. The van der Waals surface area contributed by atoms with E-state index >= 15 is 0 Å². The van der Waals surface area contributed by atoms with E-state index in [0.29, 0.717) is 29.8 Å². The summed E-state index contributed by atoms with van der Waals surface area (Å²) in [7, 11) is 6.51. The average molecular weight is 283 g/mol. The van der Waals surface area contributed by atoms with Crippen molar-refractivity contribution in [1.82, 2.24) is 0 Å². The van der Waals surface area contributed by atoms with E-state index in [2.05, 4.69) is 19.2 Å². The predicted octanol–water partition coefficient (Wildman–Crippen LogP) is 2.80. The molecule has 114 valence electrons. The minimum atomic E-state index is 0.211. The molecule has 5 nitrogen and oxygen atoms in total. The van der Waals surface area contributed by atoms with Crippen LogP contribution in [0.2, 0.25) is 0 Å². The molecular formula is C15H25NO4. The highest BCUT2D eigenvalue weighted by Crippen LogP contribution is 2.40. The lowest BCUT2D eigenvalue weighted by Gasteiger charge is -2.24. The standard InChI is InChI=1S/C15H25NO4/c1-10(2)12(9-17-3)16-11-7-13(18-4)15(20-6)14(8-11)19-5/h7-8,10,12,16H,9H2,1-6H3. The van der Waals surface area contributed by atoms with Gasteiger partial charge in [-0.05, 0) is 5.92 Å². The summed E-state index contributed by atoms with van der Waals surface area (Å²) < 4.78 is 21.2. The van der Waals surface area contributed by atoms with Gasteiger partial charge in [0.05, 0.1) is 34.0 Å². The maximum Gasteiger partial charge on any atom is 0.203 e. The first-order valence-corrected chi connectivity index (χ1v) is 6.62. The summed E-state index contributed by atoms with van der Waals surface area (Å²) in [5.74, 6) is 2.30. The van der Waals surface area contributed by atoms with Gasteiger partial charge in [-0.2, -0.15) is 0 Å². The third kappa shape index (κ3) is 3.93. The van der Waals surface area contributed by atoms with Crippen LogP contribution < -0.4 is 19.5 Å². The molecule has 0 radical (unpaired) electrons. The third-order valence-corrected chi connectivity index (χ3v) is 3.17. The van der Waals surface area contributed by atoms with Gasteiger partial charge in [0.25, 0.3) is 0 Å². The molecule has 0 bridgehead atoms. The largest absolute Gasteiger partial charge is 0.493 e. The highest BCUT2D eigenvalue weighted by Gasteiger charge is 2.17. The number of rotatable bonds is 8. The number of anilines is 1. The fourth-order valence-electron chi connectivity index (χ4n) is 1.96. The molecule has 1 atom stereocenters. The van der Waals surface area contributed by atoms with Gasteiger partial charge in [-0.3, -0.25) is 0 Å². The molecule has 5 heteroatoms. The summed E-state index contributed by atoms with van der Waals surface area (Å²) in [6.45, 7) is 4.93. The van der Waals surface area contributed by atoms with E-state index in [1.807, 2.05) is 12.1 Å². The summed E-state index contributed by atoms with van der Waals surface area (Å²) in [6.07, 6.45) is 0. The molecule has 0 saturated heterocycles. The minimum absolute atomic E-state index is 0.211. The van der Waals surface area contributed by atoms with Crippen molar-refractivity contribution in [2.75, 3.05) is 40.4 Å². The Morgan fingerprint density at radius 1 is 0.950 bits per heavy atom. The third-order valence-electron chi connectivity index (χ3n) is 3.17. The SMILES string of the molecule is COCC(Nc1cc(OC)c(OC)c(OC)c1)C(C)C. The number of nitrogens with one attached hydrogen (secondary N) is 1. The van der Waals surface area contributed by atoms with Crippen molar-refractivity contribution in [2.24, 2.45) is 5.92 Å². The van der Waals surface area contributed by atoms with Gasteiger partial charge in [0, 0.05) is 24.9 Å². The highest BCUT2D eigenvalue weighted by molar-refractivity contribution is 5.62. The molecular weight excluding hydrogens is 258 g/mol. The molecule has 0 saturated carbocycles. The molecule has 0 spiro atoms. The van der Waals surface area contributed by atoms with Crippen LogP contribution in [0.15, 0.2) is 12.1 Å². The highest BCUT2D eigenvalue weighted by atomic mass is 16.5. The zero-order chi connectivity index (χ0) is 15.1. The Morgan fingerprint density at radius 2 is 1.50 bits per heavy atom. The second kappa shape index (κ2) is 7.85. The van der Waals surface area contributed by atoms with Crippen molar-refractivity contribution < 1.29 is 18.9 Å². The second-order valence-corrected chi connectivity index (χ2v) is 4.86. The van der Waals surface area contributed by atoms with Crippen LogP contribution >= 0.6 is 0 Å². The first-order chi connectivity index (χ1) is 9.57. The fourth-order valence-corrected chi connectivity index (χ4v) is 1.96. The van der Waals surface area contributed by atoms with Gasteiger partial charge in [0.1, 0.15) is 0 Å². The Labute approximate surface area is 121 Å². The Balaban J connectivity index is 3.06. The summed E-state index contributed by atoms with van der Waals surface area (Å²) in [4.78, 5) is 0. The van der Waals surface area contributed by atoms with Crippen LogP contribution in [0, 0.1) is 5.92 Å².